The quantitative estimate of drug-likeness (QED) is 0.620. The molecule has 0 atom stereocenters. The highest BCUT2D eigenvalue weighted by molar-refractivity contribution is 6.61. The highest BCUT2D eigenvalue weighted by Crippen LogP contribution is 2.16. The van der Waals surface area contributed by atoms with Gasteiger partial charge in [-0.1, -0.05) is 6.08 Å². The van der Waals surface area contributed by atoms with Crippen LogP contribution in [-0.4, -0.2) is 39.6 Å². The molecule has 0 unspecified atom stereocenters. The zero-order valence-electron chi connectivity index (χ0n) is 9.29. The van der Waals surface area contributed by atoms with Crippen LogP contribution in [0.4, 0.5) is 0 Å². The SMILES string of the molecule is CCO[Si](CC=CN)(OCC)OCC.[SiH4]. The summed E-state index contributed by atoms with van der Waals surface area (Å²) in [4.78, 5) is 0. The lowest BCUT2D eigenvalue weighted by atomic mass is 10.7. The molecule has 0 saturated heterocycles. The van der Waals surface area contributed by atoms with Crippen LogP contribution < -0.4 is 5.73 Å². The van der Waals surface area contributed by atoms with E-state index in [-0.39, 0.29) is 11.0 Å². The second kappa shape index (κ2) is 10.4. The Bertz CT molecular complexity index is 150. The summed E-state index contributed by atoms with van der Waals surface area (Å²) in [6.07, 6.45) is 3.33. The number of hydrogen-bond donors (Lipinski definition) is 1. The molecule has 0 aromatic heterocycles. The first-order valence-electron chi connectivity index (χ1n) is 5.03. The van der Waals surface area contributed by atoms with Crippen LogP contribution >= 0.6 is 0 Å². The maximum atomic E-state index is 5.60. The summed E-state index contributed by atoms with van der Waals surface area (Å²) in [5, 5.41) is 0. The Hall–Kier alpha value is -0.146. The molecule has 0 rings (SSSR count). The van der Waals surface area contributed by atoms with E-state index < -0.39 is 8.80 Å². The normalized spacial score (nSPS) is 11.7. The van der Waals surface area contributed by atoms with Crippen molar-refractivity contribution in [2.75, 3.05) is 19.8 Å². The minimum atomic E-state index is -2.48. The van der Waals surface area contributed by atoms with E-state index in [2.05, 4.69) is 0 Å². The monoisotopic (exact) mass is 251 g/mol. The number of rotatable bonds is 8. The van der Waals surface area contributed by atoms with E-state index in [0.29, 0.717) is 25.9 Å². The Morgan fingerprint density at radius 3 is 1.67 bits per heavy atom. The van der Waals surface area contributed by atoms with Crippen LogP contribution in [0.1, 0.15) is 20.8 Å². The van der Waals surface area contributed by atoms with Crippen molar-refractivity contribution in [2.24, 2.45) is 5.73 Å². The highest BCUT2D eigenvalue weighted by Gasteiger charge is 2.38. The first-order valence-corrected chi connectivity index (χ1v) is 6.96. The van der Waals surface area contributed by atoms with Crippen LogP contribution in [-0.2, 0) is 13.3 Å². The summed E-state index contributed by atoms with van der Waals surface area (Å²) in [6.45, 7) is 7.61. The van der Waals surface area contributed by atoms with Gasteiger partial charge in [-0.25, -0.2) is 0 Å². The van der Waals surface area contributed by atoms with E-state index in [4.69, 9.17) is 19.0 Å². The molecule has 0 amide bonds. The van der Waals surface area contributed by atoms with E-state index >= 15 is 0 Å². The topological polar surface area (TPSA) is 53.7 Å². The van der Waals surface area contributed by atoms with Gasteiger partial charge in [0.05, 0.1) is 0 Å². The first-order chi connectivity index (χ1) is 6.74. The van der Waals surface area contributed by atoms with E-state index in [1.165, 1.54) is 6.20 Å². The third kappa shape index (κ3) is 6.85. The van der Waals surface area contributed by atoms with Crippen molar-refractivity contribution >= 4 is 19.8 Å². The molecule has 0 bridgehead atoms. The standard InChI is InChI=1S/C9H21NO3Si.H4Si/c1-4-11-14(12-5-2,13-6-3)9-7-8-10;/h7-8H,4-6,9-10H2,1-3H3;1H4. The molecule has 15 heavy (non-hydrogen) atoms. The van der Waals surface area contributed by atoms with Gasteiger partial charge >= 0.3 is 8.80 Å². The van der Waals surface area contributed by atoms with Crippen molar-refractivity contribution in [1.82, 2.24) is 0 Å². The largest absolute Gasteiger partial charge is 0.504 e. The molecule has 0 heterocycles. The zero-order chi connectivity index (χ0) is 10.9. The molecule has 92 valence electrons. The van der Waals surface area contributed by atoms with Gasteiger partial charge in [0.15, 0.2) is 0 Å². The molecule has 0 fully saturated rings. The van der Waals surface area contributed by atoms with Crippen molar-refractivity contribution in [1.29, 1.82) is 0 Å². The van der Waals surface area contributed by atoms with Gasteiger partial charge in [-0.3, -0.25) is 0 Å². The number of nitrogens with two attached hydrogens (primary N) is 1. The van der Waals surface area contributed by atoms with Gasteiger partial charge in [0.2, 0.25) is 0 Å². The smallest absolute Gasteiger partial charge is 0.405 e. The molecule has 0 aromatic rings. The van der Waals surface area contributed by atoms with Gasteiger partial charge in [-0.2, -0.15) is 0 Å². The lowest BCUT2D eigenvalue weighted by Gasteiger charge is -2.27. The predicted octanol–water partition coefficient (Wildman–Crippen LogP) is 0.0556. The Kier molecular flexibility index (Phi) is 11.9. The van der Waals surface area contributed by atoms with E-state index in [1.54, 1.807) is 0 Å². The fourth-order valence-electron chi connectivity index (χ4n) is 1.17. The number of allylic oxidation sites excluding steroid dienone is 1. The predicted molar refractivity (Wildman–Crippen MR) is 70.1 cm³/mol. The lowest BCUT2D eigenvalue weighted by molar-refractivity contribution is 0.0742. The Labute approximate surface area is 98.2 Å². The second-order valence-corrected chi connectivity index (χ2v) is 5.25. The van der Waals surface area contributed by atoms with Gasteiger partial charge in [0, 0.05) is 25.9 Å². The van der Waals surface area contributed by atoms with E-state index in [1.807, 2.05) is 26.8 Å². The molecule has 0 radical (unpaired) electrons. The average Bonchev–Trinajstić information content (AvgIpc) is 2.16. The van der Waals surface area contributed by atoms with Gasteiger partial charge in [0.1, 0.15) is 0 Å². The summed E-state index contributed by atoms with van der Waals surface area (Å²) in [5.41, 5.74) is 5.30. The van der Waals surface area contributed by atoms with Crippen LogP contribution in [0.2, 0.25) is 6.04 Å². The van der Waals surface area contributed by atoms with Crippen LogP contribution in [0.25, 0.3) is 0 Å². The molecule has 0 aromatic carbocycles. The molecule has 6 heteroatoms. The van der Waals surface area contributed by atoms with Crippen molar-refractivity contribution < 1.29 is 13.3 Å². The van der Waals surface area contributed by atoms with Crippen molar-refractivity contribution in [3.63, 3.8) is 0 Å². The Morgan fingerprint density at radius 2 is 1.40 bits per heavy atom. The van der Waals surface area contributed by atoms with E-state index in [9.17, 15) is 0 Å². The molecular formula is C9H25NO3Si2. The zero-order valence-corrected chi connectivity index (χ0v) is 10.3. The van der Waals surface area contributed by atoms with Crippen LogP contribution in [0.3, 0.4) is 0 Å². The fraction of sp³-hybridized carbons (Fsp3) is 0.778. The van der Waals surface area contributed by atoms with Gasteiger partial charge in [-0.15, -0.1) is 0 Å². The first kappa shape index (κ1) is 17.3. The summed E-state index contributed by atoms with van der Waals surface area (Å²) in [5.74, 6) is 0. The summed E-state index contributed by atoms with van der Waals surface area (Å²) >= 11 is 0. The Balaban J connectivity index is 0. The molecule has 2 N–H and O–H groups in total. The summed E-state index contributed by atoms with van der Waals surface area (Å²) in [6, 6.07) is 0.638. The molecule has 4 nitrogen and oxygen atoms in total. The van der Waals surface area contributed by atoms with Crippen molar-refractivity contribution in [3.8, 4) is 0 Å². The Morgan fingerprint density at radius 1 is 1.00 bits per heavy atom. The lowest BCUT2D eigenvalue weighted by Crippen LogP contribution is -2.45. The van der Waals surface area contributed by atoms with Crippen LogP contribution in [0.5, 0.6) is 0 Å². The highest BCUT2D eigenvalue weighted by atomic mass is 28.4. The van der Waals surface area contributed by atoms with Gasteiger partial charge in [-0.05, 0) is 37.9 Å². The molecule has 0 aliphatic rings. The molecule has 0 aliphatic heterocycles. The summed E-state index contributed by atoms with van der Waals surface area (Å²) < 4.78 is 16.8. The minimum Gasteiger partial charge on any atom is -0.405 e. The maximum absolute atomic E-state index is 5.60. The summed E-state index contributed by atoms with van der Waals surface area (Å²) in [7, 11) is -2.48. The molecule has 0 spiro atoms. The third-order valence-electron chi connectivity index (χ3n) is 1.60. The minimum absolute atomic E-state index is 0. The van der Waals surface area contributed by atoms with Gasteiger partial charge < -0.3 is 19.0 Å². The van der Waals surface area contributed by atoms with Crippen molar-refractivity contribution in [3.05, 3.63) is 12.3 Å². The maximum Gasteiger partial charge on any atom is 0.504 e. The molecule has 0 aliphatic carbocycles. The molecular weight excluding hydrogens is 226 g/mol. The van der Waals surface area contributed by atoms with Gasteiger partial charge in [0.25, 0.3) is 0 Å². The number of hydrogen-bond acceptors (Lipinski definition) is 4. The average molecular weight is 251 g/mol. The third-order valence-corrected chi connectivity index (χ3v) is 4.52. The second-order valence-electron chi connectivity index (χ2n) is 2.61. The van der Waals surface area contributed by atoms with Crippen LogP contribution in [0.15, 0.2) is 12.3 Å². The van der Waals surface area contributed by atoms with Crippen LogP contribution in [0, 0.1) is 0 Å². The molecule has 0 saturated carbocycles. The van der Waals surface area contributed by atoms with Crippen molar-refractivity contribution in [2.45, 2.75) is 26.8 Å². The fourth-order valence-corrected chi connectivity index (χ4v) is 3.52. The van der Waals surface area contributed by atoms with E-state index in [0.717, 1.165) is 0 Å².